The minimum atomic E-state index is 0.801. The molecule has 1 aromatic heterocycles. The highest BCUT2D eigenvalue weighted by Crippen LogP contribution is 2.28. The highest BCUT2D eigenvalue weighted by atomic mass is 16.5. The van der Waals surface area contributed by atoms with E-state index >= 15 is 0 Å². The Kier molecular flexibility index (Phi) is 5.05. The van der Waals surface area contributed by atoms with Gasteiger partial charge in [0.1, 0.15) is 0 Å². The number of nitrogens with zero attached hydrogens (tertiary/aromatic N) is 2. The van der Waals surface area contributed by atoms with E-state index in [2.05, 4.69) is 28.0 Å². The van der Waals surface area contributed by atoms with E-state index in [9.17, 15) is 0 Å². The molecule has 1 fully saturated rings. The van der Waals surface area contributed by atoms with Crippen LogP contribution in [-0.2, 0) is 11.3 Å². The first-order chi connectivity index (χ1) is 8.79. The fraction of sp³-hybridized carbons (Fsp3) is 0.786. The van der Waals surface area contributed by atoms with E-state index in [0.717, 1.165) is 50.3 Å². The molecule has 1 saturated carbocycles. The van der Waals surface area contributed by atoms with Crippen molar-refractivity contribution in [3.63, 3.8) is 0 Å². The second kappa shape index (κ2) is 6.78. The first-order valence-corrected chi connectivity index (χ1v) is 7.15. The topological polar surface area (TPSA) is 39.1 Å². The first kappa shape index (κ1) is 13.4. The number of aryl methyl sites for hydroxylation is 1. The Morgan fingerprint density at radius 3 is 3.00 bits per heavy atom. The number of ether oxygens (including phenoxy) is 1. The van der Waals surface area contributed by atoms with Crippen LogP contribution >= 0.6 is 0 Å². The van der Waals surface area contributed by atoms with Crippen LogP contribution in [0.15, 0.2) is 6.20 Å². The summed E-state index contributed by atoms with van der Waals surface area (Å²) in [6, 6.07) is 0. The normalized spacial score (nSPS) is 15.7. The van der Waals surface area contributed by atoms with Gasteiger partial charge in [-0.15, -0.1) is 0 Å². The van der Waals surface area contributed by atoms with E-state index in [-0.39, 0.29) is 0 Å². The highest BCUT2D eigenvalue weighted by Gasteiger charge is 2.19. The third-order valence-electron chi connectivity index (χ3n) is 3.53. The molecule has 18 heavy (non-hydrogen) atoms. The van der Waals surface area contributed by atoms with Crippen molar-refractivity contribution in [2.45, 2.75) is 46.1 Å². The molecule has 0 aliphatic heterocycles. The van der Waals surface area contributed by atoms with Gasteiger partial charge in [-0.25, -0.2) is 4.98 Å². The summed E-state index contributed by atoms with van der Waals surface area (Å²) >= 11 is 0. The summed E-state index contributed by atoms with van der Waals surface area (Å²) in [7, 11) is 0. The predicted octanol–water partition coefficient (Wildman–Crippen LogP) is 2.83. The van der Waals surface area contributed by atoms with Gasteiger partial charge < -0.3 is 14.6 Å². The molecule has 0 amide bonds. The van der Waals surface area contributed by atoms with Gasteiger partial charge in [0.2, 0.25) is 5.95 Å². The summed E-state index contributed by atoms with van der Waals surface area (Å²) in [6.07, 6.45) is 7.34. The zero-order valence-corrected chi connectivity index (χ0v) is 11.6. The molecule has 0 atom stereocenters. The lowest BCUT2D eigenvalue weighted by atomic mass is 9.85. The summed E-state index contributed by atoms with van der Waals surface area (Å²) in [5.41, 5.74) is 1.10. The molecule has 4 nitrogen and oxygen atoms in total. The molecule has 2 rings (SSSR count). The van der Waals surface area contributed by atoms with Crippen molar-refractivity contribution in [2.75, 3.05) is 25.1 Å². The van der Waals surface area contributed by atoms with Crippen LogP contribution in [0.2, 0.25) is 0 Å². The summed E-state index contributed by atoms with van der Waals surface area (Å²) in [4.78, 5) is 4.55. The van der Waals surface area contributed by atoms with Crippen molar-refractivity contribution in [2.24, 2.45) is 5.92 Å². The Morgan fingerprint density at radius 1 is 1.50 bits per heavy atom. The molecular weight excluding hydrogens is 226 g/mol. The summed E-state index contributed by atoms with van der Waals surface area (Å²) < 4.78 is 7.61. The van der Waals surface area contributed by atoms with Crippen LogP contribution < -0.4 is 5.32 Å². The quantitative estimate of drug-likeness (QED) is 0.722. The van der Waals surface area contributed by atoms with Crippen molar-refractivity contribution in [3.8, 4) is 0 Å². The van der Waals surface area contributed by atoms with Gasteiger partial charge in [0.15, 0.2) is 0 Å². The maximum Gasteiger partial charge on any atom is 0.203 e. The first-order valence-electron chi connectivity index (χ1n) is 7.15. The Hall–Kier alpha value is -1.03. The van der Waals surface area contributed by atoms with Crippen LogP contribution in [0.4, 0.5) is 5.95 Å². The number of anilines is 1. The van der Waals surface area contributed by atoms with Crippen LogP contribution in [0.1, 0.15) is 38.3 Å². The third-order valence-corrected chi connectivity index (χ3v) is 3.53. The lowest BCUT2D eigenvalue weighted by molar-refractivity contribution is 0.147. The minimum absolute atomic E-state index is 0.801. The molecule has 0 bridgehead atoms. The van der Waals surface area contributed by atoms with Crippen molar-refractivity contribution in [3.05, 3.63) is 11.9 Å². The van der Waals surface area contributed by atoms with Crippen LogP contribution in [0, 0.1) is 12.8 Å². The van der Waals surface area contributed by atoms with Gasteiger partial charge in [0, 0.05) is 32.5 Å². The predicted molar refractivity (Wildman–Crippen MR) is 73.9 cm³/mol. The lowest BCUT2D eigenvalue weighted by Gasteiger charge is -2.26. The molecular formula is C14H25N3O. The molecule has 1 aliphatic carbocycles. The Labute approximate surface area is 110 Å². The van der Waals surface area contributed by atoms with Crippen LogP contribution in [0.25, 0.3) is 0 Å². The zero-order chi connectivity index (χ0) is 12.8. The fourth-order valence-electron chi connectivity index (χ4n) is 2.30. The van der Waals surface area contributed by atoms with Gasteiger partial charge in [-0.05, 0) is 39.0 Å². The molecule has 1 heterocycles. The van der Waals surface area contributed by atoms with Gasteiger partial charge in [0.05, 0.1) is 5.69 Å². The molecule has 102 valence electrons. The Bertz CT molecular complexity index is 358. The monoisotopic (exact) mass is 251 g/mol. The SMILES string of the molecule is CCOCCCNc1nc(C)cn1CC1CCC1. The maximum absolute atomic E-state index is 5.33. The standard InChI is InChI=1S/C14H25N3O/c1-3-18-9-5-8-15-14-16-12(2)10-17(14)11-13-6-4-7-13/h10,13H,3-9,11H2,1-2H3,(H,15,16). The molecule has 1 aliphatic rings. The average molecular weight is 251 g/mol. The molecule has 0 radical (unpaired) electrons. The molecule has 4 heteroatoms. The molecule has 0 unspecified atom stereocenters. The van der Waals surface area contributed by atoms with Crippen molar-refractivity contribution >= 4 is 5.95 Å². The molecule has 0 aromatic carbocycles. The van der Waals surface area contributed by atoms with Gasteiger partial charge in [-0.3, -0.25) is 0 Å². The van der Waals surface area contributed by atoms with E-state index in [1.807, 2.05) is 6.92 Å². The number of imidazole rings is 1. The van der Waals surface area contributed by atoms with Crippen LogP contribution in [-0.4, -0.2) is 29.3 Å². The van der Waals surface area contributed by atoms with Crippen molar-refractivity contribution in [1.29, 1.82) is 0 Å². The smallest absolute Gasteiger partial charge is 0.203 e. The van der Waals surface area contributed by atoms with E-state index in [1.54, 1.807) is 0 Å². The van der Waals surface area contributed by atoms with E-state index < -0.39 is 0 Å². The summed E-state index contributed by atoms with van der Waals surface area (Å²) in [5, 5.41) is 3.42. The Morgan fingerprint density at radius 2 is 2.33 bits per heavy atom. The second-order valence-electron chi connectivity index (χ2n) is 5.13. The fourth-order valence-corrected chi connectivity index (χ4v) is 2.30. The molecule has 0 spiro atoms. The molecule has 1 aromatic rings. The average Bonchev–Trinajstić information content (AvgIpc) is 2.64. The van der Waals surface area contributed by atoms with Crippen molar-refractivity contribution < 1.29 is 4.74 Å². The number of rotatable bonds is 8. The van der Waals surface area contributed by atoms with Gasteiger partial charge in [0.25, 0.3) is 0 Å². The number of aromatic nitrogens is 2. The highest BCUT2D eigenvalue weighted by molar-refractivity contribution is 5.28. The second-order valence-corrected chi connectivity index (χ2v) is 5.13. The van der Waals surface area contributed by atoms with E-state index in [0.29, 0.717) is 0 Å². The lowest BCUT2D eigenvalue weighted by Crippen LogP contribution is -2.19. The van der Waals surface area contributed by atoms with Crippen LogP contribution in [0.3, 0.4) is 0 Å². The number of nitrogens with one attached hydrogen (secondary N) is 1. The molecule has 0 saturated heterocycles. The third kappa shape index (κ3) is 3.73. The maximum atomic E-state index is 5.33. The van der Waals surface area contributed by atoms with Gasteiger partial charge >= 0.3 is 0 Å². The van der Waals surface area contributed by atoms with Crippen LogP contribution in [0.5, 0.6) is 0 Å². The van der Waals surface area contributed by atoms with E-state index in [4.69, 9.17) is 4.74 Å². The minimum Gasteiger partial charge on any atom is -0.382 e. The summed E-state index contributed by atoms with van der Waals surface area (Å²) in [6.45, 7) is 7.77. The Balaban J connectivity index is 1.78. The van der Waals surface area contributed by atoms with Gasteiger partial charge in [-0.2, -0.15) is 0 Å². The summed E-state index contributed by atoms with van der Waals surface area (Å²) in [5.74, 6) is 1.89. The zero-order valence-electron chi connectivity index (χ0n) is 11.6. The van der Waals surface area contributed by atoms with Gasteiger partial charge in [-0.1, -0.05) is 6.42 Å². The molecule has 1 N–H and O–H groups in total. The largest absolute Gasteiger partial charge is 0.382 e. The number of hydrogen-bond donors (Lipinski definition) is 1. The van der Waals surface area contributed by atoms with Crippen molar-refractivity contribution in [1.82, 2.24) is 9.55 Å². The number of hydrogen-bond acceptors (Lipinski definition) is 3. The van der Waals surface area contributed by atoms with E-state index in [1.165, 1.54) is 19.3 Å².